The number of carbonyl (C=O) groups is 4. The van der Waals surface area contributed by atoms with Crippen molar-refractivity contribution in [2.24, 2.45) is 11.8 Å². The van der Waals surface area contributed by atoms with Gasteiger partial charge in [-0.05, 0) is 37.5 Å². The summed E-state index contributed by atoms with van der Waals surface area (Å²) in [5.74, 6) is -0.679. The van der Waals surface area contributed by atoms with Gasteiger partial charge in [-0.2, -0.15) is 0 Å². The molecule has 0 aliphatic carbocycles. The van der Waals surface area contributed by atoms with Crippen LogP contribution in [0, 0.1) is 11.8 Å². The van der Waals surface area contributed by atoms with Crippen molar-refractivity contribution in [1.82, 2.24) is 0 Å². The topological polar surface area (TPSA) is 237 Å². The zero-order valence-corrected chi connectivity index (χ0v) is 53.2. The minimum atomic E-state index is -4.94. The van der Waals surface area contributed by atoms with Crippen molar-refractivity contribution in [1.29, 1.82) is 0 Å². The van der Waals surface area contributed by atoms with Gasteiger partial charge in [0.05, 0.1) is 26.4 Å². The van der Waals surface area contributed by atoms with E-state index in [2.05, 4.69) is 41.5 Å². The number of carbonyl (C=O) groups excluding carboxylic acids is 4. The van der Waals surface area contributed by atoms with Crippen molar-refractivity contribution < 1.29 is 80.2 Å². The molecule has 19 heteroatoms. The maximum atomic E-state index is 12.9. The normalized spacial score (nSPS) is 14.7. The molecule has 0 spiro atoms. The third kappa shape index (κ3) is 54.0. The first-order chi connectivity index (χ1) is 38.4. The van der Waals surface area contributed by atoms with Crippen LogP contribution < -0.4 is 0 Å². The molecule has 80 heavy (non-hydrogen) atoms. The molecule has 6 atom stereocenters. The van der Waals surface area contributed by atoms with Crippen LogP contribution in [0.3, 0.4) is 0 Å². The maximum Gasteiger partial charge on any atom is 0.472 e. The van der Waals surface area contributed by atoms with Gasteiger partial charge < -0.3 is 33.8 Å². The summed E-state index contributed by atoms with van der Waals surface area (Å²) in [5, 5.41) is 10.5. The molecule has 0 aliphatic heterocycles. The fourth-order valence-electron chi connectivity index (χ4n) is 8.97. The lowest BCUT2D eigenvalue weighted by Gasteiger charge is -2.21. The van der Waals surface area contributed by atoms with Gasteiger partial charge in [-0.15, -0.1) is 0 Å². The second kappa shape index (κ2) is 53.8. The number of hydrogen-bond acceptors (Lipinski definition) is 15. The SMILES string of the molecule is CCCCCCCCCCCCCC(=O)OC[C@H](COP(=O)(O)OC[C@@H](O)COP(=O)(O)OC[C@@H](COC(=O)CCCCCCCCC)OC(=O)CCCCCCCCCC(C)C)OC(=O)CCCCCCCCCCC(C)CC. The number of unbranched alkanes of at least 4 members (excludes halogenated alkanes) is 29. The van der Waals surface area contributed by atoms with E-state index >= 15 is 0 Å². The first kappa shape index (κ1) is 78.1. The Morgan fingerprint density at radius 2 is 0.637 bits per heavy atom. The highest BCUT2D eigenvalue weighted by molar-refractivity contribution is 7.47. The van der Waals surface area contributed by atoms with Gasteiger partial charge >= 0.3 is 39.5 Å². The highest BCUT2D eigenvalue weighted by atomic mass is 31.2. The molecule has 0 heterocycles. The fourth-order valence-corrected chi connectivity index (χ4v) is 10.5. The third-order valence-electron chi connectivity index (χ3n) is 14.3. The van der Waals surface area contributed by atoms with Crippen LogP contribution in [-0.4, -0.2) is 96.7 Å². The molecule has 0 bridgehead atoms. The van der Waals surface area contributed by atoms with Gasteiger partial charge in [0.15, 0.2) is 12.2 Å². The molecule has 0 fully saturated rings. The van der Waals surface area contributed by atoms with E-state index < -0.39 is 97.5 Å². The molecule has 0 aromatic carbocycles. The van der Waals surface area contributed by atoms with Gasteiger partial charge in [-0.25, -0.2) is 9.13 Å². The molecule has 0 radical (unpaired) electrons. The number of ether oxygens (including phenoxy) is 4. The van der Waals surface area contributed by atoms with Gasteiger partial charge in [-0.3, -0.25) is 37.3 Å². The van der Waals surface area contributed by atoms with Crippen molar-refractivity contribution in [3.8, 4) is 0 Å². The van der Waals surface area contributed by atoms with Gasteiger partial charge in [0, 0.05) is 25.7 Å². The molecule has 0 aromatic rings. The molecule has 0 saturated heterocycles. The molecule has 0 amide bonds. The zero-order chi connectivity index (χ0) is 59.4. The number of phosphoric ester groups is 2. The van der Waals surface area contributed by atoms with Crippen molar-refractivity contribution in [3.63, 3.8) is 0 Å². The van der Waals surface area contributed by atoms with Crippen LogP contribution >= 0.6 is 15.6 Å². The van der Waals surface area contributed by atoms with Crippen LogP contribution in [-0.2, 0) is 65.4 Å². The lowest BCUT2D eigenvalue weighted by molar-refractivity contribution is -0.161. The highest BCUT2D eigenvalue weighted by Crippen LogP contribution is 2.45. The summed E-state index contributed by atoms with van der Waals surface area (Å²) < 4.78 is 67.8. The highest BCUT2D eigenvalue weighted by Gasteiger charge is 2.30. The van der Waals surface area contributed by atoms with Crippen molar-refractivity contribution in [2.45, 2.75) is 317 Å². The number of phosphoric acid groups is 2. The Kier molecular flexibility index (Phi) is 52.5. The lowest BCUT2D eigenvalue weighted by Crippen LogP contribution is -2.30. The first-order valence-electron chi connectivity index (χ1n) is 32.0. The smallest absolute Gasteiger partial charge is 0.462 e. The summed E-state index contributed by atoms with van der Waals surface area (Å²) >= 11 is 0. The second-order valence-corrected chi connectivity index (χ2v) is 25.7. The van der Waals surface area contributed by atoms with E-state index in [-0.39, 0.29) is 25.7 Å². The van der Waals surface area contributed by atoms with Crippen LogP contribution in [0.2, 0.25) is 0 Å². The molecule has 474 valence electrons. The summed E-state index contributed by atoms with van der Waals surface area (Å²) in [7, 11) is -9.88. The standard InChI is InChI=1S/C61H118O17P2/c1-7-10-12-14-16-17-18-19-26-32-38-44-59(64)72-50-57(77-60(65)45-39-33-27-21-20-25-30-36-42-54(6)9-3)52-76-80(69,70)74-48-55(62)47-73-79(67,68)75-51-56(49-71-58(63)43-37-31-23-15-13-11-8-2)78-61(66)46-40-34-28-22-24-29-35-41-53(4)5/h53-57,62H,7-52H2,1-6H3,(H,67,68)(H,69,70)/t54?,55-,56+,57+/m0/s1. The van der Waals surface area contributed by atoms with Crippen LogP contribution in [0.25, 0.3) is 0 Å². The number of aliphatic hydroxyl groups excluding tert-OH is 1. The van der Waals surface area contributed by atoms with E-state index in [9.17, 15) is 43.2 Å². The number of hydrogen-bond donors (Lipinski definition) is 3. The Bertz CT molecular complexity index is 1580. The number of aliphatic hydroxyl groups is 1. The summed E-state index contributed by atoms with van der Waals surface area (Å²) in [6.07, 6.45) is 34.9. The molecular formula is C61H118O17P2. The molecule has 3 N–H and O–H groups in total. The monoisotopic (exact) mass is 1180 g/mol. The van der Waals surface area contributed by atoms with Crippen molar-refractivity contribution in [2.75, 3.05) is 39.6 Å². The molecule has 0 aromatic heterocycles. The molecular weight excluding hydrogens is 1070 g/mol. The van der Waals surface area contributed by atoms with Crippen LogP contribution in [0.5, 0.6) is 0 Å². The minimum Gasteiger partial charge on any atom is -0.462 e. The predicted octanol–water partition coefficient (Wildman–Crippen LogP) is 16.5. The number of esters is 4. The van der Waals surface area contributed by atoms with Crippen molar-refractivity contribution in [3.05, 3.63) is 0 Å². The minimum absolute atomic E-state index is 0.103. The van der Waals surface area contributed by atoms with E-state index in [4.69, 9.17) is 37.0 Å². The molecule has 3 unspecified atom stereocenters. The van der Waals surface area contributed by atoms with Gasteiger partial charge in [0.25, 0.3) is 0 Å². The van der Waals surface area contributed by atoms with Gasteiger partial charge in [-0.1, -0.05) is 247 Å². The second-order valence-electron chi connectivity index (χ2n) is 22.8. The Hall–Kier alpha value is -1.94. The van der Waals surface area contributed by atoms with E-state index in [1.54, 1.807) is 0 Å². The summed E-state index contributed by atoms with van der Waals surface area (Å²) in [5.41, 5.74) is 0. The summed E-state index contributed by atoms with van der Waals surface area (Å²) in [6.45, 7) is 9.36. The number of rotatable bonds is 60. The van der Waals surface area contributed by atoms with E-state index in [1.807, 2.05) is 0 Å². The average Bonchev–Trinajstić information content (AvgIpc) is 3.42. The Labute approximate surface area is 486 Å². The first-order valence-corrected chi connectivity index (χ1v) is 35.0. The average molecular weight is 1190 g/mol. The fraction of sp³-hybridized carbons (Fsp3) is 0.934. The van der Waals surface area contributed by atoms with Gasteiger partial charge in [0.2, 0.25) is 0 Å². The van der Waals surface area contributed by atoms with Crippen LogP contribution in [0.4, 0.5) is 0 Å². The molecule has 17 nitrogen and oxygen atoms in total. The quantitative estimate of drug-likeness (QED) is 0.0222. The molecule has 0 rings (SSSR count). The van der Waals surface area contributed by atoms with Crippen molar-refractivity contribution >= 4 is 39.5 Å². The Morgan fingerprint density at radius 3 is 0.950 bits per heavy atom. The van der Waals surface area contributed by atoms with Gasteiger partial charge in [0.1, 0.15) is 19.3 Å². The Balaban J connectivity index is 5.23. The predicted molar refractivity (Wildman–Crippen MR) is 317 cm³/mol. The largest absolute Gasteiger partial charge is 0.472 e. The van der Waals surface area contributed by atoms with E-state index in [0.717, 1.165) is 109 Å². The van der Waals surface area contributed by atoms with Crippen LogP contribution in [0.15, 0.2) is 0 Å². The van der Waals surface area contributed by atoms with Crippen LogP contribution in [0.1, 0.15) is 298 Å². The molecule has 0 saturated carbocycles. The Morgan fingerprint density at radius 1 is 0.362 bits per heavy atom. The van der Waals surface area contributed by atoms with E-state index in [1.165, 1.54) is 103 Å². The zero-order valence-electron chi connectivity index (χ0n) is 51.4. The van der Waals surface area contributed by atoms with E-state index in [0.29, 0.717) is 31.6 Å². The third-order valence-corrected chi connectivity index (χ3v) is 16.2. The summed E-state index contributed by atoms with van der Waals surface area (Å²) in [6, 6.07) is 0. The lowest BCUT2D eigenvalue weighted by atomic mass is 9.99. The molecule has 0 aliphatic rings. The summed E-state index contributed by atoms with van der Waals surface area (Å²) in [4.78, 5) is 71.9. The maximum absolute atomic E-state index is 12.9.